The molecule has 0 atom stereocenters. The molecule has 0 bridgehead atoms. The van der Waals surface area contributed by atoms with E-state index in [1.807, 2.05) is 6.92 Å². The number of aromatic nitrogens is 1. The van der Waals surface area contributed by atoms with Crippen molar-refractivity contribution in [3.8, 4) is 0 Å². The lowest BCUT2D eigenvalue weighted by atomic mass is 10.1. The molecule has 33 heavy (non-hydrogen) atoms. The maximum Gasteiger partial charge on any atom is 0.261 e. The highest BCUT2D eigenvalue weighted by Crippen LogP contribution is 2.23. The Morgan fingerprint density at radius 3 is 2.42 bits per heavy atom. The van der Waals surface area contributed by atoms with Gasteiger partial charge in [0.1, 0.15) is 5.82 Å². The van der Waals surface area contributed by atoms with Gasteiger partial charge in [-0.25, -0.2) is 17.8 Å². The highest BCUT2D eigenvalue weighted by molar-refractivity contribution is 7.92. The highest BCUT2D eigenvalue weighted by Gasteiger charge is 2.24. The lowest BCUT2D eigenvalue weighted by Crippen LogP contribution is -2.48. The predicted molar refractivity (Wildman–Crippen MR) is 126 cm³/mol. The third kappa shape index (κ3) is 5.58. The van der Waals surface area contributed by atoms with Crippen LogP contribution < -0.4 is 4.72 Å². The third-order valence-corrected chi connectivity index (χ3v) is 7.77. The van der Waals surface area contributed by atoms with E-state index in [-0.39, 0.29) is 10.8 Å². The molecule has 2 heterocycles. The van der Waals surface area contributed by atoms with Gasteiger partial charge >= 0.3 is 0 Å². The summed E-state index contributed by atoms with van der Waals surface area (Å²) >= 11 is 1.63. The number of amides is 1. The van der Waals surface area contributed by atoms with Gasteiger partial charge in [0.2, 0.25) is 0 Å². The van der Waals surface area contributed by atoms with Gasteiger partial charge in [0.15, 0.2) is 0 Å². The summed E-state index contributed by atoms with van der Waals surface area (Å²) in [5, 5.41) is 3.11. The smallest absolute Gasteiger partial charge is 0.261 e. The Morgan fingerprint density at radius 2 is 1.79 bits per heavy atom. The van der Waals surface area contributed by atoms with Crippen LogP contribution in [0.3, 0.4) is 0 Å². The van der Waals surface area contributed by atoms with Crippen molar-refractivity contribution in [3.05, 3.63) is 75.5 Å². The van der Waals surface area contributed by atoms with Gasteiger partial charge in [-0.3, -0.25) is 14.4 Å². The summed E-state index contributed by atoms with van der Waals surface area (Å²) in [6.07, 6.45) is 0. The molecule has 1 aromatic heterocycles. The Morgan fingerprint density at radius 1 is 1.09 bits per heavy atom. The number of piperazine rings is 1. The number of nitrogens with one attached hydrogen (secondary N) is 1. The van der Waals surface area contributed by atoms with Gasteiger partial charge in [0.05, 0.1) is 21.3 Å². The molecule has 1 amide bonds. The van der Waals surface area contributed by atoms with Crippen LogP contribution in [0, 0.1) is 19.7 Å². The summed E-state index contributed by atoms with van der Waals surface area (Å²) in [5.41, 5.74) is 2.47. The molecular formula is C23H25FN4O3S2. The van der Waals surface area contributed by atoms with E-state index >= 15 is 0 Å². The molecule has 1 aliphatic heterocycles. The molecule has 10 heteroatoms. The number of halogens is 1. The van der Waals surface area contributed by atoms with Crippen LogP contribution in [0.5, 0.6) is 0 Å². The van der Waals surface area contributed by atoms with Crippen LogP contribution in [0.25, 0.3) is 0 Å². The predicted octanol–water partition coefficient (Wildman–Crippen LogP) is 3.66. The molecule has 0 unspecified atom stereocenters. The van der Waals surface area contributed by atoms with Crippen molar-refractivity contribution in [2.75, 3.05) is 30.9 Å². The molecule has 4 rings (SSSR count). The standard InChI is InChI=1S/C23H25FN4O3S2/c1-16-3-4-18(13-22(16)26-33(30,31)21-7-5-19(24)6-8-21)23(29)28-11-9-27(10-12-28)14-20-15-32-17(2)25-20/h3-8,13,15,26H,9-12,14H2,1-2H3. The van der Waals surface area contributed by atoms with Gasteiger partial charge in [-0.2, -0.15) is 0 Å². The quantitative estimate of drug-likeness (QED) is 0.573. The minimum atomic E-state index is -3.91. The molecular weight excluding hydrogens is 463 g/mol. The second-order valence-electron chi connectivity index (χ2n) is 8.02. The van der Waals surface area contributed by atoms with Crippen molar-refractivity contribution in [3.63, 3.8) is 0 Å². The Labute approximate surface area is 196 Å². The molecule has 0 aliphatic carbocycles. The summed E-state index contributed by atoms with van der Waals surface area (Å²) in [5.74, 6) is -0.652. The first kappa shape index (κ1) is 23.3. The highest BCUT2D eigenvalue weighted by atomic mass is 32.2. The van der Waals surface area contributed by atoms with E-state index in [0.717, 1.165) is 42.5 Å². The summed E-state index contributed by atoms with van der Waals surface area (Å²) < 4.78 is 41.1. The minimum Gasteiger partial charge on any atom is -0.336 e. The monoisotopic (exact) mass is 488 g/mol. The second kappa shape index (κ2) is 9.58. The SMILES string of the molecule is Cc1nc(CN2CCN(C(=O)c3ccc(C)c(NS(=O)(=O)c4ccc(F)cc4)c3)CC2)cs1. The average Bonchev–Trinajstić information content (AvgIpc) is 3.20. The maximum absolute atomic E-state index is 13.2. The van der Waals surface area contributed by atoms with Gasteiger partial charge in [-0.15, -0.1) is 11.3 Å². The van der Waals surface area contributed by atoms with Crippen LogP contribution in [0.15, 0.2) is 52.7 Å². The molecule has 0 radical (unpaired) electrons. The molecule has 7 nitrogen and oxygen atoms in total. The van der Waals surface area contributed by atoms with Crippen LogP contribution in [0.1, 0.15) is 26.6 Å². The molecule has 0 spiro atoms. The number of thiazole rings is 1. The van der Waals surface area contributed by atoms with E-state index in [0.29, 0.717) is 29.9 Å². The zero-order valence-corrected chi connectivity index (χ0v) is 20.0. The van der Waals surface area contributed by atoms with E-state index < -0.39 is 15.8 Å². The fraction of sp³-hybridized carbons (Fsp3) is 0.304. The lowest BCUT2D eigenvalue weighted by molar-refractivity contribution is 0.0627. The molecule has 1 fully saturated rings. The minimum absolute atomic E-state index is 0.0496. The lowest BCUT2D eigenvalue weighted by Gasteiger charge is -2.34. The zero-order chi connectivity index (χ0) is 23.6. The molecule has 1 N–H and O–H groups in total. The third-order valence-electron chi connectivity index (χ3n) is 5.56. The van der Waals surface area contributed by atoms with Crippen LogP contribution in [-0.2, 0) is 16.6 Å². The second-order valence-corrected chi connectivity index (χ2v) is 10.8. The summed E-state index contributed by atoms with van der Waals surface area (Å²) in [6.45, 7) is 7.19. The number of nitrogens with zero attached hydrogens (tertiary/aromatic N) is 3. The first-order valence-electron chi connectivity index (χ1n) is 10.5. The van der Waals surface area contributed by atoms with Crippen molar-refractivity contribution in [2.24, 2.45) is 0 Å². The summed E-state index contributed by atoms with van der Waals surface area (Å²) in [6, 6.07) is 9.58. The van der Waals surface area contributed by atoms with Gasteiger partial charge in [0, 0.05) is 43.7 Å². The van der Waals surface area contributed by atoms with Gasteiger partial charge in [-0.05, 0) is 55.8 Å². The first-order chi connectivity index (χ1) is 15.7. The van der Waals surface area contributed by atoms with Crippen LogP contribution in [-0.4, -0.2) is 55.3 Å². The van der Waals surface area contributed by atoms with Crippen LogP contribution >= 0.6 is 11.3 Å². The van der Waals surface area contributed by atoms with E-state index in [2.05, 4.69) is 20.0 Å². The number of benzene rings is 2. The number of anilines is 1. The average molecular weight is 489 g/mol. The van der Waals surface area contributed by atoms with E-state index in [9.17, 15) is 17.6 Å². The van der Waals surface area contributed by atoms with E-state index in [4.69, 9.17) is 0 Å². The number of hydrogen-bond donors (Lipinski definition) is 1. The Hall–Kier alpha value is -2.82. The molecule has 1 saturated heterocycles. The summed E-state index contributed by atoms with van der Waals surface area (Å²) in [4.78, 5) is 21.6. The number of sulfonamides is 1. The van der Waals surface area contributed by atoms with Crippen molar-refractivity contribution in [2.45, 2.75) is 25.3 Å². The Kier molecular flexibility index (Phi) is 6.78. The van der Waals surface area contributed by atoms with Crippen LogP contribution in [0.2, 0.25) is 0 Å². The topological polar surface area (TPSA) is 82.6 Å². The molecule has 2 aromatic carbocycles. The molecule has 0 saturated carbocycles. The number of rotatable bonds is 6. The first-order valence-corrected chi connectivity index (χ1v) is 12.9. The number of carbonyl (C=O) groups is 1. The van der Waals surface area contributed by atoms with Crippen molar-refractivity contribution in [1.82, 2.24) is 14.8 Å². The molecule has 174 valence electrons. The van der Waals surface area contributed by atoms with Crippen molar-refractivity contribution < 1.29 is 17.6 Å². The fourth-order valence-electron chi connectivity index (χ4n) is 3.68. The summed E-state index contributed by atoms with van der Waals surface area (Å²) in [7, 11) is -3.91. The van der Waals surface area contributed by atoms with Crippen molar-refractivity contribution >= 4 is 33.0 Å². The normalized spacial score (nSPS) is 14.9. The van der Waals surface area contributed by atoms with Crippen molar-refractivity contribution in [1.29, 1.82) is 0 Å². The fourth-order valence-corrected chi connectivity index (χ4v) is 5.41. The van der Waals surface area contributed by atoms with Gasteiger partial charge < -0.3 is 4.90 Å². The van der Waals surface area contributed by atoms with E-state index in [1.54, 1.807) is 41.4 Å². The van der Waals surface area contributed by atoms with E-state index in [1.165, 1.54) is 12.1 Å². The molecule has 1 aliphatic rings. The van der Waals surface area contributed by atoms with Crippen LogP contribution in [0.4, 0.5) is 10.1 Å². The Balaban J connectivity index is 1.43. The van der Waals surface area contributed by atoms with Gasteiger partial charge in [-0.1, -0.05) is 6.07 Å². The van der Waals surface area contributed by atoms with Gasteiger partial charge in [0.25, 0.3) is 15.9 Å². The number of carbonyl (C=O) groups excluding carboxylic acids is 1. The zero-order valence-electron chi connectivity index (χ0n) is 18.4. The molecule has 3 aromatic rings. The maximum atomic E-state index is 13.2. The number of hydrogen-bond acceptors (Lipinski definition) is 6. The number of aryl methyl sites for hydroxylation is 2. The largest absolute Gasteiger partial charge is 0.336 e. The Bertz CT molecular complexity index is 1250.